The van der Waals surface area contributed by atoms with Crippen molar-refractivity contribution >= 4 is 11.6 Å². The van der Waals surface area contributed by atoms with Crippen LogP contribution in [0.15, 0.2) is 6.07 Å². The van der Waals surface area contributed by atoms with Gasteiger partial charge in [-0.2, -0.15) is 4.39 Å². The van der Waals surface area contributed by atoms with Crippen LogP contribution in [-0.4, -0.2) is 23.9 Å². The van der Waals surface area contributed by atoms with Gasteiger partial charge in [0.05, 0.1) is 18.7 Å². The lowest BCUT2D eigenvalue weighted by Gasteiger charge is -2.25. The van der Waals surface area contributed by atoms with Crippen molar-refractivity contribution in [3.63, 3.8) is 0 Å². The number of methoxy groups -OCH3 is 1. The summed E-state index contributed by atoms with van der Waals surface area (Å²) in [4.78, 5) is 0. The lowest BCUT2D eigenvalue weighted by atomic mass is 9.84. The van der Waals surface area contributed by atoms with Crippen molar-refractivity contribution in [2.24, 2.45) is 0 Å². The zero-order valence-corrected chi connectivity index (χ0v) is 10.1. The normalized spacial score (nSPS) is 11.6. The second-order valence-corrected chi connectivity index (χ2v) is 4.55. The molecule has 2 N–H and O–H groups in total. The average Bonchev–Trinajstić information content (AvgIpc) is 2.25. The molecule has 0 aromatic heterocycles. The summed E-state index contributed by atoms with van der Waals surface area (Å²) in [5.74, 6) is -1.65. The van der Waals surface area contributed by atoms with Crippen molar-refractivity contribution in [3.05, 3.63) is 22.5 Å². The van der Waals surface area contributed by atoms with Gasteiger partial charge in [-0.15, -0.1) is 0 Å². The Morgan fingerprint density at radius 3 is 2.50 bits per heavy atom. The largest absolute Gasteiger partial charge is 0.504 e. The van der Waals surface area contributed by atoms with Crippen molar-refractivity contribution in [2.75, 3.05) is 13.7 Å². The van der Waals surface area contributed by atoms with E-state index in [2.05, 4.69) is 0 Å². The Hall–Kier alpha value is -1.00. The summed E-state index contributed by atoms with van der Waals surface area (Å²) >= 11 is 5.68. The first-order chi connectivity index (χ1) is 7.35. The Bertz CT molecular complexity index is 405. The third-order valence-corrected chi connectivity index (χ3v) is 2.77. The number of aromatic hydroxyl groups is 1. The molecule has 0 bridgehead atoms. The van der Waals surface area contributed by atoms with Gasteiger partial charge in [-0.1, -0.05) is 25.4 Å². The number of rotatable bonds is 3. The van der Waals surface area contributed by atoms with Crippen LogP contribution in [0.1, 0.15) is 19.4 Å². The molecule has 1 aromatic carbocycles. The molecule has 0 aliphatic carbocycles. The van der Waals surface area contributed by atoms with Crippen LogP contribution in [0.5, 0.6) is 11.5 Å². The van der Waals surface area contributed by atoms with Gasteiger partial charge < -0.3 is 14.9 Å². The number of aliphatic hydroxyl groups is 1. The zero-order valence-electron chi connectivity index (χ0n) is 9.34. The third kappa shape index (κ3) is 2.08. The molecule has 0 atom stereocenters. The van der Waals surface area contributed by atoms with Crippen LogP contribution in [0.2, 0.25) is 5.02 Å². The predicted molar refractivity (Wildman–Crippen MR) is 59.7 cm³/mol. The smallest absolute Gasteiger partial charge is 0.208 e. The average molecular weight is 249 g/mol. The van der Waals surface area contributed by atoms with Crippen LogP contribution in [0.25, 0.3) is 0 Å². The minimum absolute atomic E-state index is 0.0963. The molecule has 5 heteroatoms. The summed E-state index contributed by atoms with van der Waals surface area (Å²) < 4.78 is 18.5. The van der Waals surface area contributed by atoms with E-state index in [-0.39, 0.29) is 17.4 Å². The molecule has 0 radical (unpaired) electrons. The summed E-state index contributed by atoms with van der Waals surface area (Å²) in [5.41, 5.74) is -0.290. The Labute approximate surface area is 98.4 Å². The van der Waals surface area contributed by atoms with E-state index in [9.17, 15) is 14.6 Å². The highest BCUT2D eigenvalue weighted by atomic mass is 35.5. The molecule has 0 heterocycles. The summed E-state index contributed by atoms with van der Waals surface area (Å²) in [7, 11) is 1.29. The Morgan fingerprint density at radius 2 is 2.06 bits per heavy atom. The molecule has 1 rings (SSSR count). The van der Waals surface area contributed by atoms with Crippen LogP contribution >= 0.6 is 11.6 Å². The lowest BCUT2D eigenvalue weighted by Crippen LogP contribution is -2.23. The maximum atomic E-state index is 13.6. The van der Waals surface area contributed by atoms with E-state index in [4.69, 9.17) is 16.3 Å². The second-order valence-electron chi connectivity index (χ2n) is 4.14. The van der Waals surface area contributed by atoms with Gasteiger partial charge in [-0.3, -0.25) is 0 Å². The van der Waals surface area contributed by atoms with E-state index in [0.717, 1.165) is 0 Å². The maximum Gasteiger partial charge on any atom is 0.208 e. The number of aliphatic hydroxyl groups excluding tert-OH is 1. The van der Waals surface area contributed by atoms with E-state index >= 15 is 0 Å². The van der Waals surface area contributed by atoms with Crippen LogP contribution in [-0.2, 0) is 5.41 Å². The van der Waals surface area contributed by atoms with Crippen LogP contribution in [0.4, 0.5) is 4.39 Å². The van der Waals surface area contributed by atoms with Crippen molar-refractivity contribution in [1.29, 1.82) is 0 Å². The minimum atomic E-state index is -0.911. The van der Waals surface area contributed by atoms with Gasteiger partial charge in [0.15, 0.2) is 11.5 Å². The van der Waals surface area contributed by atoms with Gasteiger partial charge in [0.1, 0.15) is 0 Å². The molecule has 0 spiro atoms. The number of hydrogen-bond acceptors (Lipinski definition) is 3. The van der Waals surface area contributed by atoms with E-state index in [0.29, 0.717) is 5.56 Å². The molecule has 0 aliphatic heterocycles. The first kappa shape index (κ1) is 13.1. The van der Waals surface area contributed by atoms with Crippen LogP contribution in [0.3, 0.4) is 0 Å². The fourth-order valence-corrected chi connectivity index (χ4v) is 1.57. The molecule has 0 aliphatic rings. The third-order valence-electron chi connectivity index (χ3n) is 2.48. The molecule has 16 heavy (non-hydrogen) atoms. The van der Waals surface area contributed by atoms with Crippen molar-refractivity contribution in [3.8, 4) is 11.5 Å². The summed E-state index contributed by atoms with van der Waals surface area (Å²) in [6.45, 7) is 3.25. The molecular weight excluding hydrogens is 235 g/mol. The maximum absolute atomic E-state index is 13.6. The van der Waals surface area contributed by atoms with Gasteiger partial charge >= 0.3 is 0 Å². The molecule has 3 nitrogen and oxygen atoms in total. The molecule has 0 unspecified atom stereocenters. The number of benzene rings is 1. The van der Waals surface area contributed by atoms with Gasteiger partial charge in [0.25, 0.3) is 0 Å². The highest BCUT2D eigenvalue weighted by molar-refractivity contribution is 6.32. The summed E-state index contributed by atoms with van der Waals surface area (Å²) in [6, 6.07) is 1.40. The Balaban J connectivity index is 3.51. The second kappa shape index (κ2) is 4.47. The topological polar surface area (TPSA) is 49.7 Å². The van der Waals surface area contributed by atoms with Crippen molar-refractivity contribution < 1.29 is 19.3 Å². The molecule has 0 fully saturated rings. The fourth-order valence-electron chi connectivity index (χ4n) is 1.38. The molecule has 0 saturated carbocycles. The summed E-state index contributed by atoms with van der Waals surface area (Å²) in [5, 5.41) is 18.5. The molecule has 90 valence electrons. The fraction of sp³-hybridized carbons (Fsp3) is 0.455. The molecule has 0 saturated heterocycles. The minimum Gasteiger partial charge on any atom is -0.504 e. The van der Waals surface area contributed by atoms with Crippen molar-refractivity contribution in [1.82, 2.24) is 0 Å². The van der Waals surface area contributed by atoms with E-state index in [1.807, 2.05) is 0 Å². The number of phenolic OH excluding ortho intramolecular Hbond substituents is 1. The van der Waals surface area contributed by atoms with Gasteiger partial charge in [0, 0.05) is 11.0 Å². The number of halogens is 2. The highest BCUT2D eigenvalue weighted by Crippen LogP contribution is 2.41. The monoisotopic (exact) mass is 248 g/mol. The zero-order chi connectivity index (χ0) is 12.5. The van der Waals surface area contributed by atoms with E-state index in [1.165, 1.54) is 13.2 Å². The van der Waals surface area contributed by atoms with Gasteiger partial charge in [-0.25, -0.2) is 0 Å². The molecule has 1 aromatic rings. The standard InChI is InChI=1S/C11H14ClFO3/c1-11(2,5-14)6-4-7(12)9(15)8(13)10(6)16-3/h4,14-15H,5H2,1-3H3. The Morgan fingerprint density at radius 1 is 1.50 bits per heavy atom. The number of phenols is 1. The first-order valence-electron chi connectivity index (χ1n) is 4.71. The van der Waals surface area contributed by atoms with Crippen molar-refractivity contribution in [2.45, 2.75) is 19.3 Å². The SMILES string of the molecule is COc1c(C(C)(C)CO)cc(Cl)c(O)c1F. The van der Waals surface area contributed by atoms with E-state index < -0.39 is 17.0 Å². The lowest BCUT2D eigenvalue weighted by molar-refractivity contribution is 0.213. The predicted octanol–water partition coefficient (Wildman–Crippen LogP) is 2.46. The first-order valence-corrected chi connectivity index (χ1v) is 5.09. The quantitative estimate of drug-likeness (QED) is 0.864. The summed E-state index contributed by atoms with van der Waals surface area (Å²) in [6.07, 6.45) is 0. The molecular formula is C11H14ClFO3. The van der Waals surface area contributed by atoms with Gasteiger partial charge in [-0.05, 0) is 6.07 Å². The van der Waals surface area contributed by atoms with Crippen LogP contribution < -0.4 is 4.74 Å². The van der Waals surface area contributed by atoms with Gasteiger partial charge in [0.2, 0.25) is 5.82 Å². The van der Waals surface area contributed by atoms with Crippen LogP contribution in [0, 0.1) is 5.82 Å². The number of ether oxygens (including phenoxy) is 1. The molecule has 0 amide bonds. The number of hydrogen-bond donors (Lipinski definition) is 2. The Kier molecular flexibility index (Phi) is 3.65. The van der Waals surface area contributed by atoms with E-state index in [1.54, 1.807) is 13.8 Å². The highest BCUT2D eigenvalue weighted by Gasteiger charge is 2.28.